The predicted octanol–water partition coefficient (Wildman–Crippen LogP) is 4.06. The lowest BCUT2D eigenvalue weighted by Gasteiger charge is -2.23. The van der Waals surface area contributed by atoms with Crippen LogP contribution in [0.1, 0.15) is 35.6 Å². The Morgan fingerprint density at radius 1 is 1.06 bits per heavy atom. The molecule has 0 fully saturated rings. The van der Waals surface area contributed by atoms with E-state index in [-0.39, 0.29) is 0 Å². The summed E-state index contributed by atoms with van der Waals surface area (Å²) in [6.07, 6.45) is 1.18. The van der Waals surface area contributed by atoms with Crippen LogP contribution in [0.15, 0.2) is 12.1 Å². The van der Waals surface area contributed by atoms with E-state index in [1.807, 2.05) is 0 Å². The molecule has 1 aromatic rings. The van der Waals surface area contributed by atoms with Crippen LogP contribution in [0.4, 0.5) is 0 Å². The average Bonchev–Trinajstić information content (AvgIpc) is 2.23. The fourth-order valence-corrected chi connectivity index (χ4v) is 2.63. The van der Waals surface area contributed by atoms with Crippen molar-refractivity contribution < 1.29 is 0 Å². The molecule has 0 amide bonds. The van der Waals surface area contributed by atoms with E-state index < -0.39 is 0 Å². The van der Waals surface area contributed by atoms with Crippen LogP contribution in [-0.2, 0) is 6.54 Å². The number of benzene rings is 1. The van der Waals surface area contributed by atoms with Crippen molar-refractivity contribution in [1.29, 1.82) is 0 Å². The van der Waals surface area contributed by atoms with E-state index in [2.05, 4.69) is 44.7 Å². The molecule has 0 unspecified atom stereocenters. The summed E-state index contributed by atoms with van der Waals surface area (Å²) in [5.41, 5.74) is 5.62. The van der Waals surface area contributed by atoms with E-state index >= 15 is 0 Å². The number of hydrogen-bond acceptors (Lipinski definition) is 1. The maximum Gasteiger partial charge on any atom is 0.0351 e. The molecule has 1 aromatic carbocycles. The Hall–Kier alpha value is -0.530. The Kier molecular flexibility index (Phi) is 6.01. The summed E-state index contributed by atoms with van der Waals surface area (Å²) in [6.45, 7) is 11.9. The molecule has 0 spiro atoms. The van der Waals surface area contributed by atoms with E-state index in [0.717, 1.165) is 19.6 Å². The van der Waals surface area contributed by atoms with Crippen LogP contribution in [-0.4, -0.2) is 23.9 Å². The Morgan fingerprint density at radius 2 is 1.65 bits per heavy atom. The van der Waals surface area contributed by atoms with Crippen LogP contribution in [0.2, 0.25) is 0 Å². The molecule has 0 aliphatic rings. The van der Waals surface area contributed by atoms with Gasteiger partial charge in [-0.1, -0.05) is 24.6 Å². The van der Waals surface area contributed by atoms with Gasteiger partial charge >= 0.3 is 0 Å². The number of nitrogens with zero attached hydrogens (tertiary/aromatic N) is 1. The van der Waals surface area contributed by atoms with Gasteiger partial charge < -0.3 is 0 Å². The first kappa shape index (κ1) is 14.5. The van der Waals surface area contributed by atoms with E-state index in [4.69, 9.17) is 11.6 Å². The topological polar surface area (TPSA) is 3.24 Å². The molecule has 1 nitrogen and oxygen atoms in total. The largest absolute Gasteiger partial charge is 0.298 e. The van der Waals surface area contributed by atoms with Crippen molar-refractivity contribution in [2.24, 2.45) is 0 Å². The second kappa shape index (κ2) is 7.03. The van der Waals surface area contributed by atoms with Gasteiger partial charge in [0, 0.05) is 19.0 Å². The van der Waals surface area contributed by atoms with Crippen LogP contribution >= 0.6 is 11.6 Å². The van der Waals surface area contributed by atoms with Gasteiger partial charge in [-0.15, -0.1) is 11.6 Å². The Balaban J connectivity index is 2.84. The van der Waals surface area contributed by atoms with Gasteiger partial charge in [-0.25, -0.2) is 0 Å². The van der Waals surface area contributed by atoms with Gasteiger partial charge in [0.15, 0.2) is 0 Å². The van der Waals surface area contributed by atoms with E-state index in [1.54, 1.807) is 0 Å². The first-order chi connectivity index (χ1) is 8.08. The van der Waals surface area contributed by atoms with Crippen LogP contribution < -0.4 is 0 Å². The lowest BCUT2D eigenvalue weighted by molar-refractivity contribution is 0.281. The summed E-state index contributed by atoms with van der Waals surface area (Å²) < 4.78 is 0. The van der Waals surface area contributed by atoms with Crippen molar-refractivity contribution in [3.05, 3.63) is 34.4 Å². The third-order valence-corrected chi connectivity index (χ3v) is 3.33. The van der Waals surface area contributed by atoms with Crippen LogP contribution in [0, 0.1) is 20.8 Å². The predicted molar refractivity (Wildman–Crippen MR) is 76.9 cm³/mol. The van der Waals surface area contributed by atoms with Gasteiger partial charge in [-0.3, -0.25) is 4.90 Å². The van der Waals surface area contributed by atoms with Crippen molar-refractivity contribution in [2.45, 2.75) is 40.7 Å². The molecule has 0 aliphatic carbocycles. The fraction of sp³-hybridized carbons (Fsp3) is 0.600. The van der Waals surface area contributed by atoms with E-state index in [9.17, 15) is 0 Å². The van der Waals surface area contributed by atoms with Gasteiger partial charge in [0.05, 0.1) is 0 Å². The Bertz CT molecular complexity index is 331. The molecule has 1 rings (SSSR count). The number of alkyl halides is 1. The molecule has 0 radical (unpaired) electrons. The number of hydrogen-bond donors (Lipinski definition) is 0. The van der Waals surface area contributed by atoms with Crippen molar-refractivity contribution in [3.63, 3.8) is 0 Å². The summed E-state index contributed by atoms with van der Waals surface area (Å²) in [5.74, 6) is 0.712. The highest BCUT2D eigenvalue weighted by molar-refractivity contribution is 6.18. The number of aryl methyl sites for hydroxylation is 3. The van der Waals surface area contributed by atoms with Crippen LogP contribution in [0.5, 0.6) is 0 Å². The number of halogens is 1. The molecule has 96 valence electrons. The SMILES string of the molecule is CCCN(CCCl)Cc1c(C)cc(C)cc1C. The minimum Gasteiger partial charge on any atom is -0.298 e. The zero-order valence-electron chi connectivity index (χ0n) is 11.5. The molecule has 0 atom stereocenters. The minimum absolute atomic E-state index is 0.712. The van der Waals surface area contributed by atoms with Crippen molar-refractivity contribution >= 4 is 11.6 Å². The maximum absolute atomic E-state index is 5.86. The number of rotatable bonds is 6. The molecule has 0 saturated heterocycles. The normalized spacial score (nSPS) is 11.2. The van der Waals surface area contributed by atoms with Crippen LogP contribution in [0.3, 0.4) is 0 Å². The van der Waals surface area contributed by atoms with Gasteiger partial charge in [-0.2, -0.15) is 0 Å². The lowest BCUT2D eigenvalue weighted by Crippen LogP contribution is -2.27. The summed E-state index contributed by atoms with van der Waals surface area (Å²) in [7, 11) is 0. The van der Waals surface area contributed by atoms with E-state index in [1.165, 1.54) is 28.7 Å². The first-order valence-electron chi connectivity index (χ1n) is 6.43. The average molecular weight is 254 g/mol. The monoisotopic (exact) mass is 253 g/mol. The van der Waals surface area contributed by atoms with Gasteiger partial charge in [-0.05, 0) is 50.4 Å². The Labute approximate surface area is 111 Å². The smallest absolute Gasteiger partial charge is 0.0351 e. The third kappa shape index (κ3) is 4.33. The highest BCUT2D eigenvalue weighted by Gasteiger charge is 2.09. The van der Waals surface area contributed by atoms with Crippen molar-refractivity contribution in [2.75, 3.05) is 19.0 Å². The quantitative estimate of drug-likeness (QED) is 0.691. The summed E-state index contributed by atoms with van der Waals surface area (Å²) >= 11 is 5.86. The molecule has 0 bridgehead atoms. The molecule has 0 N–H and O–H groups in total. The van der Waals surface area contributed by atoms with Crippen LogP contribution in [0.25, 0.3) is 0 Å². The molecule has 0 aromatic heterocycles. The molecule has 0 saturated carbocycles. The molecule has 17 heavy (non-hydrogen) atoms. The standard InChI is InChI=1S/C15H24ClN/c1-5-7-17(8-6-16)11-15-13(3)9-12(2)10-14(15)4/h9-10H,5-8,11H2,1-4H3. The van der Waals surface area contributed by atoms with Gasteiger partial charge in [0.25, 0.3) is 0 Å². The summed E-state index contributed by atoms with van der Waals surface area (Å²) in [5, 5.41) is 0. The zero-order chi connectivity index (χ0) is 12.8. The Morgan fingerprint density at radius 3 is 2.12 bits per heavy atom. The maximum atomic E-state index is 5.86. The molecule has 0 aliphatic heterocycles. The van der Waals surface area contributed by atoms with Crippen molar-refractivity contribution in [3.8, 4) is 0 Å². The first-order valence-corrected chi connectivity index (χ1v) is 6.97. The summed E-state index contributed by atoms with van der Waals surface area (Å²) in [6, 6.07) is 4.54. The lowest BCUT2D eigenvalue weighted by atomic mass is 9.99. The third-order valence-electron chi connectivity index (χ3n) is 3.16. The zero-order valence-corrected chi connectivity index (χ0v) is 12.3. The molecular weight excluding hydrogens is 230 g/mol. The van der Waals surface area contributed by atoms with Gasteiger partial charge in [0.2, 0.25) is 0 Å². The second-order valence-corrected chi connectivity index (χ2v) is 5.22. The molecule has 0 heterocycles. The fourth-order valence-electron chi connectivity index (χ4n) is 2.39. The van der Waals surface area contributed by atoms with Crippen molar-refractivity contribution in [1.82, 2.24) is 4.90 Å². The molecular formula is C15H24ClN. The highest BCUT2D eigenvalue weighted by atomic mass is 35.5. The van der Waals surface area contributed by atoms with Gasteiger partial charge in [0.1, 0.15) is 0 Å². The minimum atomic E-state index is 0.712. The highest BCUT2D eigenvalue weighted by Crippen LogP contribution is 2.18. The second-order valence-electron chi connectivity index (χ2n) is 4.84. The van der Waals surface area contributed by atoms with E-state index in [0.29, 0.717) is 5.88 Å². The molecule has 2 heteroatoms. The summed E-state index contributed by atoms with van der Waals surface area (Å²) in [4.78, 5) is 2.44.